The second-order valence-electron chi connectivity index (χ2n) is 4.84. The molecule has 1 amide bonds. The van der Waals surface area contributed by atoms with Crippen molar-refractivity contribution in [2.75, 3.05) is 5.32 Å². The molecule has 1 heterocycles. The van der Waals surface area contributed by atoms with Gasteiger partial charge in [0.15, 0.2) is 5.76 Å². The van der Waals surface area contributed by atoms with Crippen LogP contribution in [0.5, 0.6) is 5.75 Å². The lowest BCUT2D eigenvalue weighted by molar-refractivity contribution is -0.0500. The van der Waals surface area contributed by atoms with Gasteiger partial charge in [-0.2, -0.15) is 21.6 Å². The fourth-order valence-corrected chi connectivity index (χ4v) is 2.43. The highest BCUT2D eigenvalue weighted by Crippen LogP contribution is 2.27. The summed E-state index contributed by atoms with van der Waals surface area (Å²) in [5.41, 5.74) is -6.19. The Morgan fingerprint density at radius 3 is 2.50 bits per heavy atom. The average molecular weight is 412 g/mol. The number of amides is 1. The molecule has 0 fully saturated rings. The van der Waals surface area contributed by atoms with Crippen LogP contribution >= 0.6 is 11.6 Å². The van der Waals surface area contributed by atoms with Crippen LogP contribution in [0.2, 0.25) is 5.02 Å². The molecule has 0 radical (unpaired) electrons. The van der Waals surface area contributed by atoms with E-state index in [4.69, 9.17) is 16.0 Å². The third kappa shape index (κ3) is 4.17. The van der Waals surface area contributed by atoms with Crippen molar-refractivity contribution < 1.29 is 35.0 Å². The van der Waals surface area contributed by atoms with E-state index in [9.17, 15) is 31.2 Å². The Labute approximate surface area is 149 Å². The molecule has 0 atom stereocenters. The van der Waals surface area contributed by atoms with Gasteiger partial charge in [0.25, 0.3) is 5.91 Å². The van der Waals surface area contributed by atoms with Crippen molar-refractivity contribution in [1.82, 2.24) is 0 Å². The van der Waals surface area contributed by atoms with Gasteiger partial charge in [-0.15, -0.1) is 0 Å². The largest absolute Gasteiger partial charge is 0.534 e. The van der Waals surface area contributed by atoms with E-state index in [1.165, 1.54) is 6.07 Å². The number of rotatable bonds is 4. The van der Waals surface area contributed by atoms with Crippen molar-refractivity contribution in [3.8, 4) is 5.75 Å². The smallest absolute Gasteiger partial charge is 0.455 e. The van der Waals surface area contributed by atoms with Crippen molar-refractivity contribution in [1.29, 1.82) is 0 Å². The first-order chi connectivity index (χ1) is 11.9. The van der Waals surface area contributed by atoms with E-state index in [2.05, 4.69) is 9.50 Å². The summed E-state index contributed by atoms with van der Waals surface area (Å²) in [5, 5.41) is 2.58. The predicted molar refractivity (Wildman–Crippen MR) is 84.7 cm³/mol. The van der Waals surface area contributed by atoms with Crippen LogP contribution in [0.25, 0.3) is 0 Å². The van der Waals surface area contributed by atoms with Gasteiger partial charge in [0.1, 0.15) is 6.26 Å². The zero-order valence-corrected chi connectivity index (χ0v) is 14.3. The highest BCUT2D eigenvalue weighted by molar-refractivity contribution is 7.87. The summed E-state index contributed by atoms with van der Waals surface area (Å²) in [6.07, 6.45) is 0.292. The quantitative estimate of drug-likeness (QED) is 0.612. The summed E-state index contributed by atoms with van der Waals surface area (Å²) < 4.78 is 66.9. The Balaban J connectivity index is 2.27. The molecule has 7 nitrogen and oxygen atoms in total. The fraction of sp³-hybridized carbons (Fsp3) is 0.143. The minimum absolute atomic E-state index is 0.205. The average Bonchev–Trinajstić information content (AvgIpc) is 2.51. The summed E-state index contributed by atoms with van der Waals surface area (Å²) in [7, 11) is -6.04. The summed E-state index contributed by atoms with van der Waals surface area (Å²) in [6, 6.07) is 5.28. The first kappa shape index (κ1) is 19.8. The summed E-state index contributed by atoms with van der Waals surface area (Å²) >= 11 is 5.93. The van der Waals surface area contributed by atoms with Crippen molar-refractivity contribution in [2.24, 2.45) is 0 Å². The van der Waals surface area contributed by atoms with E-state index in [0.29, 0.717) is 17.9 Å². The topological polar surface area (TPSA) is 103 Å². The molecule has 0 spiro atoms. The number of hydrogen-bond acceptors (Lipinski definition) is 6. The van der Waals surface area contributed by atoms with Gasteiger partial charge in [0.05, 0.1) is 10.7 Å². The lowest BCUT2D eigenvalue weighted by atomic mass is 10.2. The molecule has 0 aliphatic heterocycles. The summed E-state index contributed by atoms with van der Waals surface area (Å²) in [4.78, 5) is 23.8. The standard InChI is InChI=1S/C14H9ClF3NO6S/c1-7-3-2-4-8(15)12(7)19-13(21)10-5-9(20)11(6-24-10)25-26(22,23)14(16,17)18/h2-6H,1H3,(H,19,21). The first-order valence-electron chi connectivity index (χ1n) is 6.62. The van der Waals surface area contributed by atoms with Gasteiger partial charge in [-0.1, -0.05) is 23.7 Å². The number of aryl methyl sites for hydroxylation is 1. The lowest BCUT2D eigenvalue weighted by Crippen LogP contribution is -2.29. The molecule has 26 heavy (non-hydrogen) atoms. The lowest BCUT2D eigenvalue weighted by Gasteiger charge is -2.10. The Hall–Kier alpha value is -2.53. The second-order valence-corrected chi connectivity index (χ2v) is 6.79. The van der Waals surface area contributed by atoms with E-state index in [1.807, 2.05) is 0 Å². The Kier molecular flexibility index (Phi) is 5.33. The molecule has 0 aliphatic carbocycles. The number of nitrogens with one attached hydrogen (secondary N) is 1. The van der Waals surface area contributed by atoms with Crippen LogP contribution in [0.15, 0.2) is 39.7 Å². The molecular formula is C14H9ClF3NO6S. The minimum Gasteiger partial charge on any atom is -0.455 e. The second kappa shape index (κ2) is 7.00. The molecule has 2 aromatic rings. The van der Waals surface area contributed by atoms with E-state index in [-0.39, 0.29) is 10.7 Å². The van der Waals surface area contributed by atoms with Crippen molar-refractivity contribution in [3.05, 3.63) is 57.1 Å². The van der Waals surface area contributed by atoms with Crippen LogP contribution in [0.1, 0.15) is 16.1 Å². The third-order valence-electron chi connectivity index (χ3n) is 2.97. The predicted octanol–water partition coefficient (Wildman–Crippen LogP) is 3.08. The number of halogens is 4. The van der Waals surface area contributed by atoms with Gasteiger partial charge >= 0.3 is 15.6 Å². The zero-order chi connectivity index (χ0) is 19.7. The molecule has 0 saturated carbocycles. The highest BCUT2D eigenvalue weighted by Gasteiger charge is 2.49. The first-order valence-corrected chi connectivity index (χ1v) is 8.41. The molecule has 0 aliphatic rings. The monoisotopic (exact) mass is 411 g/mol. The van der Waals surface area contributed by atoms with E-state index >= 15 is 0 Å². The molecule has 1 N–H and O–H groups in total. The maximum atomic E-state index is 12.3. The number of anilines is 1. The van der Waals surface area contributed by atoms with Crippen molar-refractivity contribution >= 4 is 33.3 Å². The maximum Gasteiger partial charge on any atom is 0.534 e. The van der Waals surface area contributed by atoms with Gasteiger partial charge in [-0.05, 0) is 18.6 Å². The molecule has 0 bridgehead atoms. The molecule has 140 valence electrons. The Morgan fingerprint density at radius 2 is 1.96 bits per heavy atom. The minimum atomic E-state index is -6.04. The Morgan fingerprint density at radius 1 is 1.31 bits per heavy atom. The van der Waals surface area contributed by atoms with E-state index in [1.54, 1.807) is 19.1 Å². The van der Waals surface area contributed by atoms with Gasteiger partial charge in [-0.25, -0.2) is 0 Å². The number of para-hydroxylation sites is 1. The fourth-order valence-electron chi connectivity index (χ4n) is 1.71. The van der Waals surface area contributed by atoms with Gasteiger partial charge in [0.2, 0.25) is 11.2 Å². The van der Waals surface area contributed by atoms with Crippen LogP contribution in [0, 0.1) is 6.92 Å². The van der Waals surface area contributed by atoms with Crippen LogP contribution in [-0.2, 0) is 10.1 Å². The summed E-state index contributed by atoms with van der Waals surface area (Å²) in [6.45, 7) is 1.65. The van der Waals surface area contributed by atoms with Crippen LogP contribution < -0.4 is 14.9 Å². The molecule has 2 rings (SSSR count). The molecule has 0 unspecified atom stereocenters. The molecule has 1 aromatic heterocycles. The highest BCUT2D eigenvalue weighted by atomic mass is 35.5. The zero-order valence-electron chi connectivity index (χ0n) is 12.8. The van der Waals surface area contributed by atoms with Crippen LogP contribution in [0.4, 0.5) is 18.9 Å². The number of benzene rings is 1. The van der Waals surface area contributed by atoms with Crippen LogP contribution in [0.3, 0.4) is 0 Å². The van der Waals surface area contributed by atoms with Gasteiger partial charge < -0.3 is 13.9 Å². The molecule has 1 aromatic carbocycles. The van der Waals surface area contributed by atoms with Crippen molar-refractivity contribution in [3.63, 3.8) is 0 Å². The number of carbonyl (C=O) groups excluding carboxylic acids is 1. The molecule has 12 heteroatoms. The summed E-state index contributed by atoms with van der Waals surface area (Å²) in [5.74, 6) is -2.76. The number of carbonyl (C=O) groups is 1. The number of hydrogen-bond donors (Lipinski definition) is 1. The van der Waals surface area contributed by atoms with E-state index in [0.717, 1.165) is 0 Å². The van der Waals surface area contributed by atoms with E-state index < -0.39 is 38.5 Å². The molecular weight excluding hydrogens is 403 g/mol. The van der Waals surface area contributed by atoms with Crippen LogP contribution in [-0.4, -0.2) is 19.8 Å². The molecule has 0 saturated heterocycles. The van der Waals surface area contributed by atoms with Gasteiger partial charge in [0, 0.05) is 6.07 Å². The van der Waals surface area contributed by atoms with Crippen molar-refractivity contribution in [2.45, 2.75) is 12.4 Å². The maximum absolute atomic E-state index is 12.3. The Bertz CT molecular complexity index is 996. The third-order valence-corrected chi connectivity index (χ3v) is 4.25. The SMILES string of the molecule is Cc1cccc(Cl)c1NC(=O)c1cc(=O)c(OS(=O)(=O)C(F)(F)F)co1. The van der Waals surface area contributed by atoms with Gasteiger partial charge in [-0.3, -0.25) is 9.59 Å². The number of alkyl halides is 3. The normalized spacial score (nSPS) is 11.9.